The van der Waals surface area contributed by atoms with Crippen LogP contribution in [0.3, 0.4) is 0 Å². The number of hydrogen-bond donors (Lipinski definition) is 3. The third-order valence-corrected chi connectivity index (χ3v) is 13.0. The monoisotopic (exact) mass is 851 g/mol. The van der Waals surface area contributed by atoms with Crippen LogP contribution in [0, 0.1) is 0 Å². The van der Waals surface area contributed by atoms with Crippen molar-refractivity contribution in [2.75, 3.05) is 31.3 Å². The number of aliphatic hydroxyl groups excluding tert-OH is 1. The van der Waals surface area contributed by atoms with Gasteiger partial charge >= 0.3 is 18.0 Å². The van der Waals surface area contributed by atoms with Crippen LogP contribution < -0.4 is 10.6 Å². The third-order valence-electron chi connectivity index (χ3n) is 11.8. The van der Waals surface area contributed by atoms with E-state index in [1.807, 2.05) is 36.4 Å². The molecule has 0 spiro atoms. The SMILES string of the molecule is CCCCCCCCCCCC(=O)OCC(CSCC(NC(=O)OCC1c2ccccc2-c2ccccc21)C(=O)NC1(CO)CC1)OC(=O)CCCCCCCCCCC. The van der Waals surface area contributed by atoms with E-state index >= 15 is 0 Å². The van der Waals surface area contributed by atoms with Crippen LogP contribution in [0.1, 0.15) is 172 Å². The number of ether oxygens (including phenoxy) is 3. The van der Waals surface area contributed by atoms with E-state index in [0.29, 0.717) is 25.7 Å². The van der Waals surface area contributed by atoms with Crippen LogP contribution in [-0.4, -0.2) is 78.1 Å². The molecule has 334 valence electrons. The lowest BCUT2D eigenvalue weighted by molar-refractivity contribution is -0.157. The van der Waals surface area contributed by atoms with Gasteiger partial charge in [-0.25, -0.2) is 4.79 Å². The van der Waals surface area contributed by atoms with E-state index in [0.717, 1.165) is 60.8 Å². The first-order valence-electron chi connectivity index (χ1n) is 23.3. The lowest BCUT2D eigenvalue weighted by Crippen LogP contribution is -2.53. The van der Waals surface area contributed by atoms with Crippen molar-refractivity contribution in [2.24, 2.45) is 0 Å². The molecule has 2 aromatic rings. The Morgan fingerprint density at radius 1 is 0.683 bits per heavy atom. The second kappa shape index (κ2) is 28.1. The van der Waals surface area contributed by atoms with E-state index in [1.165, 1.54) is 88.8 Å². The van der Waals surface area contributed by atoms with Gasteiger partial charge in [0.2, 0.25) is 5.91 Å². The fourth-order valence-corrected chi connectivity index (χ4v) is 8.92. The molecule has 0 aliphatic heterocycles. The predicted molar refractivity (Wildman–Crippen MR) is 241 cm³/mol. The van der Waals surface area contributed by atoms with E-state index in [-0.39, 0.29) is 49.2 Å². The Hall–Kier alpha value is -3.57. The highest BCUT2D eigenvalue weighted by Gasteiger charge is 2.44. The quantitative estimate of drug-likeness (QED) is 0.0364. The molecule has 0 aromatic heterocycles. The van der Waals surface area contributed by atoms with Gasteiger partial charge in [-0.1, -0.05) is 165 Å². The molecule has 2 amide bonds. The third kappa shape index (κ3) is 17.8. The Bertz CT molecular complexity index is 1540. The summed E-state index contributed by atoms with van der Waals surface area (Å²) < 4.78 is 17.3. The van der Waals surface area contributed by atoms with Gasteiger partial charge < -0.3 is 30.0 Å². The zero-order chi connectivity index (χ0) is 42.8. The minimum atomic E-state index is -0.984. The molecular weight excluding hydrogens is 777 g/mol. The molecule has 3 N–H and O–H groups in total. The van der Waals surface area contributed by atoms with Gasteiger partial charge in [0.15, 0.2) is 0 Å². The standard InChI is InChI=1S/C49H74N2O8S/c1-3-5-7-9-11-13-15-17-19-29-45(53)57-33-38(59-46(54)30-20-18-16-14-12-10-8-6-4-2)35-60-36-44(47(55)51-49(37-52)31-32-49)50-48(56)58-34-43-41-27-23-21-25-39(41)40-26-22-24-28-42(40)43/h21-28,38,43-44,52H,3-20,29-37H2,1-2H3,(H,50,56)(H,51,55). The molecule has 0 radical (unpaired) electrons. The molecular formula is C49H74N2O8S. The van der Waals surface area contributed by atoms with Gasteiger partial charge in [0.1, 0.15) is 25.4 Å². The molecule has 2 aliphatic carbocycles. The maximum Gasteiger partial charge on any atom is 0.407 e. The van der Waals surface area contributed by atoms with Crippen LogP contribution in [0.25, 0.3) is 11.1 Å². The largest absolute Gasteiger partial charge is 0.462 e. The van der Waals surface area contributed by atoms with Crippen molar-refractivity contribution in [2.45, 2.75) is 179 Å². The van der Waals surface area contributed by atoms with E-state index in [9.17, 15) is 24.3 Å². The summed E-state index contributed by atoms with van der Waals surface area (Å²) in [6, 6.07) is 15.2. The number of fused-ring (bicyclic) bond motifs is 3. The number of aliphatic hydroxyl groups is 1. The molecule has 2 unspecified atom stereocenters. The number of rotatable bonds is 33. The number of carbonyl (C=O) groups excluding carboxylic acids is 4. The lowest BCUT2D eigenvalue weighted by atomic mass is 9.98. The van der Waals surface area contributed by atoms with E-state index in [1.54, 1.807) is 0 Å². The molecule has 0 heterocycles. The first-order valence-corrected chi connectivity index (χ1v) is 24.4. The second-order valence-corrected chi connectivity index (χ2v) is 18.0. The molecule has 0 bridgehead atoms. The summed E-state index contributed by atoms with van der Waals surface area (Å²) in [4.78, 5) is 52.7. The normalized spacial score (nSPS) is 14.7. The number of unbranched alkanes of at least 4 members (excludes halogenated alkanes) is 16. The summed E-state index contributed by atoms with van der Waals surface area (Å²) in [5.41, 5.74) is 3.72. The summed E-state index contributed by atoms with van der Waals surface area (Å²) in [5, 5.41) is 15.6. The predicted octanol–water partition coefficient (Wildman–Crippen LogP) is 10.6. The highest BCUT2D eigenvalue weighted by molar-refractivity contribution is 7.99. The average Bonchev–Trinajstić information content (AvgIpc) is 3.96. The number of nitrogens with one attached hydrogen (secondary N) is 2. The Morgan fingerprint density at radius 2 is 1.18 bits per heavy atom. The van der Waals surface area contributed by atoms with Crippen LogP contribution in [0.4, 0.5) is 4.79 Å². The highest BCUT2D eigenvalue weighted by Crippen LogP contribution is 2.44. The second-order valence-electron chi connectivity index (χ2n) is 16.9. The van der Waals surface area contributed by atoms with Gasteiger partial charge in [-0.2, -0.15) is 11.8 Å². The first kappa shape index (κ1) is 49.1. The van der Waals surface area contributed by atoms with Crippen LogP contribution in [0.5, 0.6) is 0 Å². The van der Waals surface area contributed by atoms with Crippen LogP contribution in [0.15, 0.2) is 48.5 Å². The molecule has 2 atom stereocenters. The number of amides is 2. The molecule has 1 saturated carbocycles. The molecule has 2 aromatic carbocycles. The highest BCUT2D eigenvalue weighted by atomic mass is 32.2. The molecule has 60 heavy (non-hydrogen) atoms. The minimum Gasteiger partial charge on any atom is -0.462 e. The number of benzene rings is 2. The Kier molecular flexibility index (Phi) is 23.0. The minimum absolute atomic E-state index is 0.0724. The summed E-state index contributed by atoms with van der Waals surface area (Å²) in [6.45, 7) is 4.28. The summed E-state index contributed by atoms with van der Waals surface area (Å²) in [5.74, 6) is -0.789. The van der Waals surface area contributed by atoms with E-state index in [2.05, 4.69) is 36.6 Å². The number of thioether (sulfide) groups is 1. The van der Waals surface area contributed by atoms with Crippen molar-refractivity contribution in [3.63, 3.8) is 0 Å². The molecule has 10 nitrogen and oxygen atoms in total. The van der Waals surface area contributed by atoms with Crippen molar-refractivity contribution in [1.29, 1.82) is 0 Å². The van der Waals surface area contributed by atoms with Gasteiger partial charge in [-0.3, -0.25) is 14.4 Å². The lowest BCUT2D eigenvalue weighted by Gasteiger charge is -2.23. The van der Waals surface area contributed by atoms with Crippen molar-refractivity contribution in [3.05, 3.63) is 59.7 Å². The number of esters is 2. The fraction of sp³-hybridized carbons (Fsp3) is 0.673. The zero-order valence-electron chi connectivity index (χ0n) is 36.7. The van der Waals surface area contributed by atoms with Gasteiger partial charge in [0, 0.05) is 30.3 Å². The molecule has 4 rings (SSSR count). The van der Waals surface area contributed by atoms with Crippen molar-refractivity contribution < 1.29 is 38.5 Å². The van der Waals surface area contributed by atoms with E-state index < -0.39 is 29.7 Å². The van der Waals surface area contributed by atoms with Gasteiger partial charge in [-0.15, -0.1) is 0 Å². The maximum absolute atomic E-state index is 13.6. The van der Waals surface area contributed by atoms with Gasteiger partial charge in [0.05, 0.1) is 12.1 Å². The Morgan fingerprint density at radius 3 is 1.70 bits per heavy atom. The van der Waals surface area contributed by atoms with E-state index in [4.69, 9.17) is 14.2 Å². The van der Waals surface area contributed by atoms with Crippen LogP contribution >= 0.6 is 11.8 Å². The number of hydrogen-bond acceptors (Lipinski definition) is 9. The molecule has 1 fully saturated rings. The number of alkyl carbamates (subject to hydrolysis) is 1. The van der Waals surface area contributed by atoms with Gasteiger partial charge in [-0.05, 0) is 47.9 Å². The summed E-state index contributed by atoms with van der Waals surface area (Å²) in [7, 11) is 0. The average molecular weight is 851 g/mol. The zero-order valence-corrected chi connectivity index (χ0v) is 37.5. The number of carbonyl (C=O) groups is 4. The molecule has 0 saturated heterocycles. The van der Waals surface area contributed by atoms with Crippen LogP contribution in [-0.2, 0) is 28.6 Å². The smallest absolute Gasteiger partial charge is 0.407 e. The summed E-state index contributed by atoms with van der Waals surface area (Å²) in [6.07, 6.45) is 21.1. The van der Waals surface area contributed by atoms with Crippen molar-refractivity contribution in [3.8, 4) is 11.1 Å². The topological polar surface area (TPSA) is 140 Å². The first-order chi connectivity index (χ1) is 29.3. The Balaban J connectivity index is 1.29. The molecule has 11 heteroatoms. The van der Waals surface area contributed by atoms with Crippen LogP contribution in [0.2, 0.25) is 0 Å². The van der Waals surface area contributed by atoms with Crippen molar-refractivity contribution >= 4 is 35.7 Å². The Labute approximate surface area is 364 Å². The molecule has 2 aliphatic rings. The fourth-order valence-electron chi connectivity index (χ4n) is 7.88. The van der Waals surface area contributed by atoms with Crippen molar-refractivity contribution in [1.82, 2.24) is 10.6 Å². The van der Waals surface area contributed by atoms with Gasteiger partial charge in [0.25, 0.3) is 0 Å². The maximum atomic E-state index is 13.6. The summed E-state index contributed by atoms with van der Waals surface area (Å²) >= 11 is 1.33.